The summed E-state index contributed by atoms with van der Waals surface area (Å²) < 4.78 is 1.85. The van der Waals surface area contributed by atoms with Crippen molar-refractivity contribution in [2.24, 2.45) is 0 Å². The third-order valence-corrected chi connectivity index (χ3v) is 6.36. The molecule has 0 atom stereocenters. The zero-order valence-corrected chi connectivity index (χ0v) is 16.6. The van der Waals surface area contributed by atoms with Gasteiger partial charge in [0.1, 0.15) is 5.69 Å². The number of hydrogen-bond acceptors (Lipinski definition) is 6. The predicted molar refractivity (Wildman–Crippen MR) is 108 cm³/mol. The molecule has 2 aliphatic heterocycles. The summed E-state index contributed by atoms with van der Waals surface area (Å²) in [7, 11) is 0. The van der Waals surface area contributed by atoms with Gasteiger partial charge >= 0.3 is 0 Å². The highest BCUT2D eigenvalue weighted by atomic mass is 32.1. The summed E-state index contributed by atoms with van der Waals surface area (Å²) in [5.74, 6) is -0.0484. The van der Waals surface area contributed by atoms with Gasteiger partial charge in [0, 0.05) is 32.4 Å². The van der Waals surface area contributed by atoms with Crippen molar-refractivity contribution in [3.63, 3.8) is 0 Å². The molecule has 0 saturated carbocycles. The smallest absolute Gasteiger partial charge is 0.268 e. The molecule has 0 aromatic carbocycles. The van der Waals surface area contributed by atoms with Gasteiger partial charge in [0.15, 0.2) is 0 Å². The Morgan fingerprint density at radius 1 is 1.00 bits per heavy atom. The summed E-state index contributed by atoms with van der Waals surface area (Å²) in [6.07, 6.45) is 9.51. The highest BCUT2D eigenvalue weighted by Crippen LogP contribution is 2.27. The Balaban J connectivity index is 1.35. The second-order valence-corrected chi connectivity index (χ2v) is 8.27. The van der Waals surface area contributed by atoms with Gasteiger partial charge < -0.3 is 15.1 Å². The van der Waals surface area contributed by atoms with E-state index in [9.17, 15) is 4.79 Å². The maximum Gasteiger partial charge on any atom is 0.268 e. The second-order valence-electron chi connectivity index (χ2n) is 7.34. The molecule has 4 heterocycles. The molecule has 1 N–H and O–H groups in total. The molecule has 1 amide bonds. The third kappa shape index (κ3) is 4.50. The molecule has 0 spiro atoms. The first-order valence-corrected chi connectivity index (χ1v) is 10.9. The number of anilines is 1. The van der Waals surface area contributed by atoms with Gasteiger partial charge in [-0.1, -0.05) is 24.2 Å². The number of aromatic nitrogens is 3. The van der Waals surface area contributed by atoms with Crippen LogP contribution in [0.15, 0.2) is 18.3 Å². The molecule has 7 nitrogen and oxygen atoms in total. The van der Waals surface area contributed by atoms with E-state index in [1.807, 2.05) is 22.9 Å². The van der Waals surface area contributed by atoms with Crippen molar-refractivity contribution < 1.29 is 4.79 Å². The van der Waals surface area contributed by atoms with Crippen molar-refractivity contribution in [2.45, 2.75) is 38.5 Å². The van der Waals surface area contributed by atoms with Gasteiger partial charge in [0.25, 0.3) is 5.91 Å². The Bertz CT molecular complexity index is 743. The summed E-state index contributed by atoms with van der Waals surface area (Å²) in [5, 5.41) is 13.4. The zero-order valence-electron chi connectivity index (χ0n) is 15.8. The minimum absolute atomic E-state index is 0.0484. The quantitative estimate of drug-likeness (QED) is 0.824. The van der Waals surface area contributed by atoms with Crippen LogP contribution in [-0.2, 0) is 0 Å². The Kier molecular flexibility index (Phi) is 6.03. The van der Waals surface area contributed by atoms with Crippen LogP contribution in [0.4, 0.5) is 5.13 Å². The lowest BCUT2D eigenvalue weighted by Gasteiger charge is -2.19. The highest BCUT2D eigenvalue weighted by molar-refractivity contribution is 7.17. The van der Waals surface area contributed by atoms with E-state index in [0.29, 0.717) is 12.2 Å². The standard InChI is InChI=1S/C19H28N6OS/c26-17(20-9-15-23-10-3-1-2-4-11-23)16-8-7-14-25(16)19-22-21-18(27-19)24-12-5-6-13-24/h7-8,14H,1-6,9-13,15H2,(H,20,26). The molecular weight excluding hydrogens is 360 g/mol. The van der Waals surface area contributed by atoms with Gasteiger partial charge in [-0.05, 0) is 50.9 Å². The van der Waals surface area contributed by atoms with Crippen molar-refractivity contribution in [3.05, 3.63) is 24.0 Å². The molecule has 0 bridgehead atoms. The lowest BCUT2D eigenvalue weighted by Crippen LogP contribution is -2.36. The molecule has 0 radical (unpaired) electrons. The molecule has 146 valence electrons. The maximum absolute atomic E-state index is 12.7. The molecule has 2 aliphatic rings. The van der Waals surface area contributed by atoms with Gasteiger partial charge in [0.2, 0.25) is 10.3 Å². The van der Waals surface area contributed by atoms with E-state index in [4.69, 9.17) is 0 Å². The van der Waals surface area contributed by atoms with Crippen molar-refractivity contribution in [1.82, 2.24) is 25.0 Å². The average Bonchev–Trinajstić information content (AvgIpc) is 3.40. The third-order valence-electron chi connectivity index (χ3n) is 5.38. The fourth-order valence-electron chi connectivity index (χ4n) is 3.85. The Morgan fingerprint density at radius 2 is 1.70 bits per heavy atom. The number of likely N-dealkylation sites (tertiary alicyclic amines) is 1. The van der Waals surface area contributed by atoms with Crippen LogP contribution in [-0.4, -0.2) is 64.8 Å². The van der Waals surface area contributed by atoms with E-state index in [1.165, 1.54) is 38.5 Å². The summed E-state index contributed by atoms with van der Waals surface area (Å²) in [4.78, 5) is 17.4. The molecule has 2 aromatic heterocycles. The monoisotopic (exact) mass is 388 g/mol. The van der Waals surface area contributed by atoms with Gasteiger partial charge in [-0.3, -0.25) is 9.36 Å². The Morgan fingerprint density at radius 3 is 2.48 bits per heavy atom. The van der Waals surface area contributed by atoms with E-state index in [2.05, 4.69) is 25.3 Å². The molecule has 2 saturated heterocycles. The summed E-state index contributed by atoms with van der Waals surface area (Å²) in [5.41, 5.74) is 0.620. The van der Waals surface area contributed by atoms with Crippen molar-refractivity contribution >= 4 is 22.4 Å². The van der Waals surface area contributed by atoms with Crippen LogP contribution in [0.25, 0.3) is 5.13 Å². The summed E-state index contributed by atoms with van der Waals surface area (Å²) in [6.45, 7) is 5.99. The van der Waals surface area contributed by atoms with E-state index in [-0.39, 0.29) is 5.91 Å². The number of amides is 1. The Labute approximate surface area is 164 Å². The lowest BCUT2D eigenvalue weighted by molar-refractivity contribution is 0.0941. The van der Waals surface area contributed by atoms with E-state index >= 15 is 0 Å². The van der Waals surface area contributed by atoms with Gasteiger partial charge in [-0.15, -0.1) is 10.2 Å². The average molecular weight is 389 g/mol. The van der Waals surface area contributed by atoms with Crippen molar-refractivity contribution in [3.8, 4) is 5.13 Å². The minimum Gasteiger partial charge on any atom is -0.349 e. The van der Waals surface area contributed by atoms with Crippen molar-refractivity contribution in [1.29, 1.82) is 0 Å². The fourth-order valence-corrected chi connectivity index (χ4v) is 4.75. The SMILES string of the molecule is O=C(NCCN1CCCCCC1)c1cccn1-c1nnc(N2CCCC2)s1. The topological polar surface area (TPSA) is 66.3 Å². The number of hydrogen-bond donors (Lipinski definition) is 1. The second kappa shape index (κ2) is 8.84. The molecule has 4 rings (SSSR count). The number of nitrogens with zero attached hydrogens (tertiary/aromatic N) is 5. The van der Waals surface area contributed by atoms with Crippen LogP contribution in [0.5, 0.6) is 0 Å². The molecule has 2 fully saturated rings. The van der Waals surface area contributed by atoms with E-state index < -0.39 is 0 Å². The largest absolute Gasteiger partial charge is 0.349 e. The summed E-state index contributed by atoms with van der Waals surface area (Å²) >= 11 is 1.55. The summed E-state index contributed by atoms with van der Waals surface area (Å²) in [6, 6.07) is 3.73. The van der Waals surface area contributed by atoms with Crippen LogP contribution in [0.1, 0.15) is 49.0 Å². The van der Waals surface area contributed by atoms with Crippen LogP contribution in [0.2, 0.25) is 0 Å². The minimum atomic E-state index is -0.0484. The number of nitrogens with one attached hydrogen (secondary N) is 1. The molecule has 0 aliphatic carbocycles. The molecule has 8 heteroatoms. The molecule has 27 heavy (non-hydrogen) atoms. The van der Waals surface area contributed by atoms with Crippen LogP contribution in [0.3, 0.4) is 0 Å². The Hall–Kier alpha value is -1.93. The first kappa shape index (κ1) is 18.4. The highest BCUT2D eigenvalue weighted by Gasteiger charge is 2.19. The van der Waals surface area contributed by atoms with Crippen LogP contribution < -0.4 is 10.2 Å². The maximum atomic E-state index is 12.7. The number of carbonyl (C=O) groups excluding carboxylic acids is 1. The molecule has 0 unspecified atom stereocenters. The van der Waals surface area contributed by atoms with Crippen LogP contribution >= 0.6 is 11.3 Å². The van der Waals surface area contributed by atoms with Crippen LogP contribution in [0, 0.1) is 0 Å². The molecule has 2 aromatic rings. The number of carbonyl (C=O) groups is 1. The van der Waals surface area contributed by atoms with Gasteiger partial charge in [-0.25, -0.2) is 0 Å². The normalized spacial score (nSPS) is 18.6. The van der Waals surface area contributed by atoms with Gasteiger partial charge in [0.05, 0.1) is 0 Å². The van der Waals surface area contributed by atoms with E-state index in [1.54, 1.807) is 11.3 Å². The van der Waals surface area contributed by atoms with E-state index in [0.717, 1.165) is 43.0 Å². The molecular formula is C19H28N6OS. The fraction of sp³-hybridized carbons (Fsp3) is 0.632. The number of rotatable bonds is 6. The van der Waals surface area contributed by atoms with Crippen molar-refractivity contribution in [2.75, 3.05) is 44.2 Å². The zero-order chi connectivity index (χ0) is 18.5. The lowest BCUT2D eigenvalue weighted by atomic mass is 10.2. The van der Waals surface area contributed by atoms with Gasteiger partial charge in [-0.2, -0.15) is 0 Å². The predicted octanol–water partition coefficient (Wildman–Crippen LogP) is 2.53. The first-order chi connectivity index (χ1) is 13.3. The first-order valence-electron chi connectivity index (χ1n) is 10.1.